The first kappa shape index (κ1) is 17.0. The summed E-state index contributed by atoms with van der Waals surface area (Å²) in [4.78, 5) is 26.2. The summed E-state index contributed by atoms with van der Waals surface area (Å²) in [6.07, 6.45) is 3.23. The highest BCUT2D eigenvalue weighted by atomic mass is 16.2. The Morgan fingerprint density at radius 1 is 1.16 bits per heavy atom. The fraction of sp³-hybridized carbons (Fsp3) is 0.389. The minimum atomic E-state index is -0.0750. The van der Waals surface area contributed by atoms with E-state index in [0.717, 1.165) is 18.5 Å². The van der Waals surface area contributed by atoms with Crippen LogP contribution < -0.4 is 10.6 Å². The maximum atomic E-state index is 12.3. The fourth-order valence-electron chi connectivity index (χ4n) is 2.94. The molecule has 1 aliphatic rings. The van der Waals surface area contributed by atoms with Crippen molar-refractivity contribution in [1.82, 2.24) is 25.3 Å². The maximum Gasteiger partial charge on any atom is 0.317 e. The van der Waals surface area contributed by atoms with Crippen LogP contribution in [-0.4, -0.2) is 45.8 Å². The maximum absolute atomic E-state index is 12.3. The smallest absolute Gasteiger partial charge is 0.317 e. The Kier molecular flexibility index (Phi) is 5.33. The first-order chi connectivity index (χ1) is 12.1. The lowest BCUT2D eigenvalue weighted by molar-refractivity contribution is 0.0918. The van der Waals surface area contributed by atoms with Crippen LogP contribution in [0, 0.1) is 0 Å². The Hall–Kier alpha value is -2.83. The van der Waals surface area contributed by atoms with E-state index in [1.165, 1.54) is 0 Å². The molecule has 1 saturated heterocycles. The molecule has 1 fully saturated rings. The molecule has 7 nitrogen and oxygen atoms in total. The molecule has 132 valence electrons. The van der Waals surface area contributed by atoms with Crippen molar-refractivity contribution >= 4 is 11.9 Å². The minimum absolute atomic E-state index is 0.0558. The van der Waals surface area contributed by atoms with Crippen LogP contribution in [0.2, 0.25) is 0 Å². The Morgan fingerprint density at radius 3 is 2.52 bits per heavy atom. The standard InChI is InChI=1S/C18H23N5O2/c1-22-16(7-10-20-22)13-19-18(25)23-11-8-15(9-12-23)21-17(24)14-5-3-2-4-6-14/h2-7,10,15H,8-9,11-13H2,1H3,(H,19,25)(H,21,24). The van der Waals surface area contributed by atoms with E-state index in [1.807, 2.05) is 31.3 Å². The first-order valence-electron chi connectivity index (χ1n) is 8.49. The molecule has 25 heavy (non-hydrogen) atoms. The molecular weight excluding hydrogens is 318 g/mol. The summed E-state index contributed by atoms with van der Waals surface area (Å²) in [5.74, 6) is -0.0558. The van der Waals surface area contributed by atoms with Crippen LogP contribution in [0.4, 0.5) is 4.79 Å². The topological polar surface area (TPSA) is 79.3 Å². The zero-order valence-corrected chi connectivity index (χ0v) is 14.3. The Bertz CT molecular complexity index is 720. The SMILES string of the molecule is Cn1nccc1CNC(=O)N1CCC(NC(=O)c2ccccc2)CC1. The van der Waals surface area contributed by atoms with Crippen LogP contribution in [0.3, 0.4) is 0 Å². The van der Waals surface area contributed by atoms with Gasteiger partial charge in [0.15, 0.2) is 0 Å². The molecular formula is C18H23N5O2. The number of nitrogens with zero attached hydrogens (tertiary/aromatic N) is 3. The van der Waals surface area contributed by atoms with Gasteiger partial charge in [-0.1, -0.05) is 18.2 Å². The summed E-state index contributed by atoms with van der Waals surface area (Å²) in [6.45, 7) is 1.73. The highest BCUT2D eigenvalue weighted by molar-refractivity contribution is 5.94. The number of benzene rings is 1. The molecule has 0 radical (unpaired) electrons. The lowest BCUT2D eigenvalue weighted by Gasteiger charge is -2.32. The van der Waals surface area contributed by atoms with Gasteiger partial charge in [-0.2, -0.15) is 5.10 Å². The molecule has 7 heteroatoms. The van der Waals surface area contributed by atoms with Gasteiger partial charge in [0, 0.05) is 37.9 Å². The summed E-state index contributed by atoms with van der Waals surface area (Å²) in [6, 6.07) is 11.1. The Balaban J connectivity index is 1.43. The van der Waals surface area contributed by atoms with Gasteiger partial charge in [0.25, 0.3) is 5.91 Å². The quantitative estimate of drug-likeness (QED) is 0.885. The van der Waals surface area contributed by atoms with Crippen molar-refractivity contribution < 1.29 is 9.59 Å². The Morgan fingerprint density at radius 2 is 1.88 bits per heavy atom. The third-order valence-corrected chi connectivity index (χ3v) is 4.50. The number of urea groups is 1. The van der Waals surface area contributed by atoms with Crippen molar-refractivity contribution in [2.24, 2.45) is 7.05 Å². The number of hydrogen-bond acceptors (Lipinski definition) is 3. The van der Waals surface area contributed by atoms with Crippen LogP contribution in [0.15, 0.2) is 42.6 Å². The molecule has 0 atom stereocenters. The van der Waals surface area contributed by atoms with Gasteiger partial charge in [-0.25, -0.2) is 4.79 Å². The third kappa shape index (κ3) is 4.37. The molecule has 0 unspecified atom stereocenters. The zero-order valence-electron chi connectivity index (χ0n) is 14.3. The molecule has 0 saturated carbocycles. The van der Waals surface area contributed by atoms with Gasteiger partial charge in [-0.05, 0) is 31.0 Å². The summed E-state index contributed by atoms with van der Waals surface area (Å²) in [5, 5.41) is 10.0. The predicted molar refractivity (Wildman–Crippen MR) is 93.9 cm³/mol. The van der Waals surface area contributed by atoms with E-state index in [0.29, 0.717) is 25.2 Å². The van der Waals surface area contributed by atoms with Crippen LogP contribution >= 0.6 is 0 Å². The Labute approximate surface area is 147 Å². The number of likely N-dealkylation sites (tertiary alicyclic amines) is 1. The number of rotatable bonds is 4. The van der Waals surface area contributed by atoms with Crippen molar-refractivity contribution in [3.8, 4) is 0 Å². The number of hydrogen-bond donors (Lipinski definition) is 2. The largest absolute Gasteiger partial charge is 0.349 e. The molecule has 0 bridgehead atoms. The second kappa shape index (κ2) is 7.83. The van der Waals surface area contributed by atoms with Crippen molar-refractivity contribution in [3.63, 3.8) is 0 Å². The number of aromatic nitrogens is 2. The summed E-state index contributed by atoms with van der Waals surface area (Å²) in [5.41, 5.74) is 1.62. The molecule has 1 aromatic carbocycles. The molecule has 1 aromatic heterocycles. The minimum Gasteiger partial charge on any atom is -0.349 e. The van der Waals surface area contributed by atoms with E-state index in [-0.39, 0.29) is 18.0 Å². The lowest BCUT2D eigenvalue weighted by atomic mass is 10.0. The summed E-state index contributed by atoms with van der Waals surface area (Å²) in [7, 11) is 1.85. The molecule has 0 aliphatic carbocycles. The van der Waals surface area contributed by atoms with Crippen LogP contribution in [0.25, 0.3) is 0 Å². The first-order valence-corrected chi connectivity index (χ1v) is 8.49. The van der Waals surface area contributed by atoms with Crippen molar-refractivity contribution in [2.75, 3.05) is 13.1 Å². The second-order valence-electron chi connectivity index (χ2n) is 6.21. The number of nitrogens with one attached hydrogen (secondary N) is 2. The molecule has 1 aliphatic heterocycles. The average Bonchev–Trinajstić information content (AvgIpc) is 3.06. The second-order valence-corrected chi connectivity index (χ2v) is 6.21. The van der Waals surface area contributed by atoms with Crippen LogP contribution in [0.5, 0.6) is 0 Å². The predicted octanol–water partition coefficient (Wildman–Crippen LogP) is 1.52. The van der Waals surface area contributed by atoms with E-state index >= 15 is 0 Å². The van der Waals surface area contributed by atoms with Gasteiger partial charge in [-0.3, -0.25) is 9.48 Å². The third-order valence-electron chi connectivity index (χ3n) is 4.50. The van der Waals surface area contributed by atoms with Gasteiger partial charge < -0.3 is 15.5 Å². The van der Waals surface area contributed by atoms with Gasteiger partial charge in [0.1, 0.15) is 0 Å². The highest BCUT2D eigenvalue weighted by Gasteiger charge is 2.24. The van der Waals surface area contributed by atoms with E-state index in [4.69, 9.17) is 0 Å². The van der Waals surface area contributed by atoms with E-state index < -0.39 is 0 Å². The van der Waals surface area contributed by atoms with E-state index in [2.05, 4.69) is 15.7 Å². The van der Waals surface area contributed by atoms with E-state index in [9.17, 15) is 9.59 Å². The fourth-order valence-corrected chi connectivity index (χ4v) is 2.94. The van der Waals surface area contributed by atoms with Gasteiger partial charge in [0.05, 0.1) is 12.2 Å². The zero-order chi connectivity index (χ0) is 17.6. The average molecular weight is 341 g/mol. The molecule has 3 rings (SSSR count). The number of piperidine rings is 1. The monoisotopic (exact) mass is 341 g/mol. The number of carbonyl (C=O) groups is 2. The van der Waals surface area contributed by atoms with Crippen LogP contribution in [-0.2, 0) is 13.6 Å². The van der Waals surface area contributed by atoms with Gasteiger partial charge in [0.2, 0.25) is 0 Å². The number of amides is 3. The van der Waals surface area contributed by atoms with Crippen molar-refractivity contribution in [1.29, 1.82) is 0 Å². The highest BCUT2D eigenvalue weighted by Crippen LogP contribution is 2.12. The summed E-state index contributed by atoms with van der Waals surface area (Å²) < 4.78 is 1.74. The van der Waals surface area contributed by atoms with Crippen molar-refractivity contribution in [3.05, 3.63) is 53.9 Å². The molecule has 2 heterocycles. The van der Waals surface area contributed by atoms with Crippen LogP contribution in [0.1, 0.15) is 28.9 Å². The number of carbonyl (C=O) groups excluding carboxylic acids is 2. The molecule has 0 spiro atoms. The molecule has 2 aromatic rings. The normalized spacial score (nSPS) is 15.0. The van der Waals surface area contributed by atoms with Gasteiger partial charge >= 0.3 is 6.03 Å². The lowest BCUT2D eigenvalue weighted by Crippen LogP contribution is -2.49. The summed E-state index contributed by atoms with van der Waals surface area (Å²) >= 11 is 0. The van der Waals surface area contributed by atoms with Crippen molar-refractivity contribution in [2.45, 2.75) is 25.4 Å². The van der Waals surface area contributed by atoms with E-state index in [1.54, 1.807) is 27.9 Å². The van der Waals surface area contributed by atoms with Gasteiger partial charge in [-0.15, -0.1) is 0 Å². The molecule has 2 N–H and O–H groups in total. The molecule has 3 amide bonds. The number of aryl methyl sites for hydroxylation is 1.